The molecule has 1 atom stereocenters. The van der Waals surface area contributed by atoms with Gasteiger partial charge in [-0.25, -0.2) is 0 Å². The van der Waals surface area contributed by atoms with Gasteiger partial charge >= 0.3 is 0 Å². The molecule has 0 aliphatic heterocycles. The summed E-state index contributed by atoms with van der Waals surface area (Å²) in [5, 5.41) is 4.58. The Balaban J connectivity index is 2.11. The third kappa shape index (κ3) is 2.67. The van der Waals surface area contributed by atoms with E-state index in [-0.39, 0.29) is 6.04 Å². The molecule has 1 aromatic heterocycles. The van der Waals surface area contributed by atoms with Crippen molar-refractivity contribution in [3.05, 3.63) is 77.0 Å². The predicted molar refractivity (Wildman–Crippen MR) is 88.6 cm³/mol. The van der Waals surface area contributed by atoms with Crippen LogP contribution in [0, 0.1) is 13.8 Å². The van der Waals surface area contributed by atoms with E-state index >= 15 is 0 Å². The molecule has 0 saturated carbocycles. The second-order valence-electron chi connectivity index (χ2n) is 5.51. The molecule has 0 aliphatic rings. The molecule has 3 rings (SSSR count). The molecule has 1 N–H and O–H groups in total. The van der Waals surface area contributed by atoms with Gasteiger partial charge in [0.15, 0.2) is 0 Å². The molecule has 0 radical (unpaired) electrons. The van der Waals surface area contributed by atoms with Crippen LogP contribution >= 0.6 is 0 Å². The summed E-state index contributed by atoms with van der Waals surface area (Å²) in [6.07, 6.45) is 0. The number of fused-ring (bicyclic) bond motifs is 1. The van der Waals surface area contributed by atoms with E-state index in [1.54, 1.807) is 0 Å². The lowest BCUT2D eigenvalue weighted by Gasteiger charge is -2.19. The van der Waals surface area contributed by atoms with Crippen molar-refractivity contribution in [3.63, 3.8) is 0 Å². The van der Waals surface area contributed by atoms with Gasteiger partial charge in [0.2, 0.25) is 0 Å². The normalized spacial score (nSPS) is 12.5. The summed E-state index contributed by atoms with van der Waals surface area (Å²) < 4.78 is 0. The highest BCUT2D eigenvalue weighted by molar-refractivity contribution is 5.78. The predicted octanol–water partition coefficient (Wildman–Crippen LogP) is 4.16. The molecule has 106 valence electrons. The molecule has 21 heavy (non-hydrogen) atoms. The summed E-state index contributed by atoms with van der Waals surface area (Å²) in [5.74, 6) is 0. The van der Waals surface area contributed by atoms with Crippen LogP contribution in [0.2, 0.25) is 0 Å². The third-order valence-electron chi connectivity index (χ3n) is 3.95. The van der Waals surface area contributed by atoms with Gasteiger partial charge in [0.1, 0.15) is 0 Å². The van der Waals surface area contributed by atoms with E-state index in [9.17, 15) is 0 Å². The van der Waals surface area contributed by atoms with Crippen molar-refractivity contribution in [2.24, 2.45) is 0 Å². The zero-order valence-corrected chi connectivity index (χ0v) is 12.7. The fraction of sp³-hybridized carbons (Fsp3) is 0.211. The molecule has 0 saturated heterocycles. The second-order valence-corrected chi connectivity index (χ2v) is 5.51. The Morgan fingerprint density at radius 1 is 0.952 bits per heavy atom. The minimum Gasteiger partial charge on any atom is -0.308 e. The lowest BCUT2D eigenvalue weighted by Crippen LogP contribution is -2.20. The summed E-state index contributed by atoms with van der Waals surface area (Å²) in [6, 6.07) is 19.2. The molecule has 0 aliphatic carbocycles. The number of pyridine rings is 1. The maximum atomic E-state index is 4.83. The van der Waals surface area contributed by atoms with Crippen molar-refractivity contribution in [3.8, 4) is 0 Å². The van der Waals surface area contributed by atoms with Crippen LogP contribution in [0.4, 0.5) is 0 Å². The molecule has 0 fully saturated rings. The highest BCUT2D eigenvalue weighted by atomic mass is 14.9. The number of nitrogens with one attached hydrogen (secondary N) is 1. The summed E-state index contributed by atoms with van der Waals surface area (Å²) in [4.78, 5) is 4.83. The highest BCUT2D eigenvalue weighted by Gasteiger charge is 2.16. The molecule has 1 unspecified atom stereocenters. The van der Waals surface area contributed by atoms with Crippen LogP contribution in [0.25, 0.3) is 10.9 Å². The highest BCUT2D eigenvalue weighted by Crippen LogP contribution is 2.26. The third-order valence-corrected chi connectivity index (χ3v) is 3.95. The van der Waals surface area contributed by atoms with Gasteiger partial charge < -0.3 is 5.32 Å². The van der Waals surface area contributed by atoms with Gasteiger partial charge in [-0.05, 0) is 44.2 Å². The molecule has 0 bridgehead atoms. The van der Waals surface area contributed by atoms with Crippen LogP contribution in [-0.4, -0.2) is 12.0 Å². The summed E-state index contributed by atoms with van der Waals surface area (Å²) in [5.41, 5.74) is 5.96. The SMILES string of the molecule is CNC(c1ccc2ccccc2n1)c1cc(C)ccc1C. The molecule has 2 aromatic carbocycles. The molecule has 2 nitrogen and oxygen atoms in total. The van der Waals surface area contributed by atoms with Gasteiger partial charge in [-0.2, -0.15) is 0 Å². The molecule has 2 heteroatoms. The van der Waals surface area contributed by atoms with Crippen LogP contribution in [0.3, 0.4) is 0 Å². The fourth-order valence-corrected chi connectivity index (χ4v) is 2.78. The minimum atomic E-state index is 0.120. The summed E-state index contributed by atoms with van der Waals surface area (Å²) in [7, 11) is 1.99. The van der Waals surface area contributed by atoms with Crippen molar-refractivity contribution >= 4 is 10.9 Å². The van der Waals surface area contributed by atoms with Crippen LogP contribution in [0.1, 0.15) is 28.4 Å². The average molecular weight is 276 g/mol. The number of aryl methyl sites for hydroxylation is 2. The largest absolute Gasteiger partial charge is 0.308 e. The van der Waals surface area contributed by atoms with E-state index in [4.69, 9.17) is 4.98 Å². The summed E-state index contributed by atoms with van der Waals surface area (Å²) >= 11 is 0. The monoisotopic (exact) mass is 276 g/mol. The first-order valence-corrected chi connectivity index (χ1v) is 7.29. The number of rotatable bonds is 3. The van der Waals surface area contributed by atoms with Crippen LogP contribution in [-0.2, 0) is 0 Å². The number of hydrogen-bond donors (Lipinski definition) is 1. The van der Waals surface area contributed by atoms with Crippen molar-refractivity contribution in [1.82, 2.24) is 10.3 Å². The van der Waals surface area contributed by atoms with Crippen LogP contribution < -0.4 is 5.32 Å². The first kappa shape index (κ1) is 13.8. The van der Waals surface area contributed by atoms with Crippen LogP contribution in [0.5, 0.6) is 0 Å². The van der Waals surface area contributed by atoms with Gasteiger partial charge in [0.05, 0.1) is 17.3 Å². The molecule has 0 spiro atoms. The Morgan fingerprint density at radius 2 is 1.76 bits per heavy atom. The Labute approximate surface area is 125 Å². The number of para-hydroxylation sites is 1. The van der Waals surface area contributed by atoms with Crippen molar-refractivity contribution in [2.75, 3.05) is 7.05 Å². The maximum Gasteiger partial charge on any atom is 0.0751 e. The first-order valence-electron chi connectivity index (χ1n) is 7.29. The Hall–Kier alpha value is -2.19. The quantitative estimate of drug-likeness (QED) is 0.777. The zero-order chi connectivity index (χ0) is 14.8. The topological polar surface area (TPSA) is 24.9 Å². The molecule has 3 aromatic rings. The number of aromatic nitrogens is 1. The second kappa shape index (κ2) is 5.66. The first-order chi connectivity index (χ1) is 10.2. The smallest absolute Gasteiger partial charge is 0.0751 e. The van der Waals surface area contributed by atoms with Crippen molar-refractivity contribution in [2.45, 2.75) is 19.9 Å². The molecular weight excluding hydrogens is 256 g/mol. The average Bonchev–Trinajstić information content (AvgIpc) is 2.51. The fourth-order valence-electron chi connectivity index (χ4n) is 2.78. The van der Waals surface area contributed by atoms with E-state index in [2.05, 4.69) is 61.6 Å². The molecule has 1 heterocycles. The van der Waals surface area contributed by atoms with Gasteiger partial charge in [0, 0.05) is 5.39 Å². The minimum absolute atomic E-state index is 0.120. The standard InChI is InChI=1S/C19H20N2/c1-13-8-9-14(2)16(12-13)19(20-3)18-11-10-15-6-4-5-7-17(15)21-18/h4-12,19-20H,1-3H3. The number of hydrogen-bond acceptors (Lipinski definition) is 2. The van der Waals surface area contributed by atoms with Crippen molar-refractivity contribution < 1.29 is 0 Å². The number of nitrogens with zero attached hydrogens (tertiary/aromatic N) is 1. The van der Waals surface area contributed by atoms with E-state index in [0.717, 1.165) is 11.2 Å². The summed E-state index contributed by atoms with van der Waals surface area (Å²) in [6.45, 7) is 4.28. The van der Waals surface area contributed by atoms with Crippen LogP contribution in [0.15, 0.2) is 54.6 Å². The lowest BCUT2D eigenvalue weighted by molar-refractivity contribution is 0.669. The maximum absolute atomic E-state index is 4.83. The molecule has 0 amide bonds. The van der Waals surface area contributed by atoms with Gasteiger partial charge in [-0.1, -0.05) is 48.0 Å². The van der Waals surface area contributed by atoms with E-state index in [0.29, 0.717) is 0 Å². The van der Waals surface area contributed by atoms with E-state index < -0.39 is 0 Å². The van der Waals surface area contributed by atoms with Gasteiger partial charge in [0.25, 0.3) is 0 Å². The van der Waals surface area contributed by atoms with Gasteiger partial charge in [-0.15, -0.1) is 0 Å². The molecular formula is C19H20N2. The van der Waals surface area contributed by atoms with E-state index in [1.807, 2.05) is 19.2 Å². The lowest BCUT2D eigenvalue weighted by atomic mass is 9.96. The Morgan fingerprint density at radius 3 is 2.57 bits per heavy atom. The zero-order valence-electron chi connectivity index (χ0n) is 12.7. The Kier molecular flexibility index (Phi) is 3.72. The van der Waals surface area contributed by atoms with E-state index in [1.165, 1.54) is 22.1 Å². The van der Waals surface area contributed by atoms with Crippen molar-refractivity contribution in [1.29, 1.82) is 0 Å². The Bertz CT molecular complexity index is 777. The van der Waals surface area contributed by atoms with Gasteiger partial charge in [-0.3, -0.25) is 4.98 Å². The number of benzene rings is 2.